The normalized spacial score (nSPS) is 13.7. The van der Waals surface area contributed by atoms with Gasteiger partial charge in [0, 0.05) is 17.6 Å². The molecule has 0 aliphatic carbocycles. The maximum Gasteiger partial charge on any atom is 0.418 e. The molecule has 0 radical (unpaired) electrons. The van der Waals surface area contributed by atoms with Gasteiger partial charge in [0.05, 0.1) is 17.7 Å². The number of rotatable bonds is 2. The Kier molecular flexibility index (Phi) is 3.16. The van der Waals surface area contributed by atoms with Gasteiger partial charge in [-0.25, -0.2) is 4.98 Å². The van der Waals surface area contributed by atoms with E-state index in [1.54, 1.807) is 18.2 Å². The minimum absolute atomic E-state index is 0.0768. The van der Waals surface area contributed by atoms with E-state index in [1.807, 2.05) is 0 Å². The highest BCUT2D eigenvalue weighted by Gasteiger charge is 2.34. The first-order valence-corrected chi connectivity index (χ1v) is 6.36. The summed E-state index contributed by atoms with van der Waals surface area (Å²) in [4.78, 5) is 15.1. The molecule has 1 aromatic heterocycles. The van der Waals surface area contributed by atoms with Gasteiger partial charge in [0.2, 0.25) is 5.91 Å². The predicted octanol–water partition coefficient (Wildman–Crippen LogP) is 2.92. The third-order valence-electron chi connectivity index (χ3n) is 3.29. The number of hydrogen-bond acceptors (Lipinski definition) is 4. The molecule has 0 bridgehead atoms. The molecule has 0 unspecified atom stereocenters. The van der Waals surface area contributed by atoms with E-state index in [0.717, 1.165) is 17.8 Å². The third-order valence-corrected chi connectivity index (χ3v) is 3.29. The van der Waals surface area contributed by atoms with Crippen molar-refractivity contribution in [3.63, 3.8) is 0 Å². The Morgan fingerprint density at radius 3 is 2.77 bits per heavy atom. The second-order valence-corrected chi connectivity index (χ2v) is 4.84. The van der Waals surface area contributed by atoms with Crippen LogP contribution in [0, 0.1) is 0 Å². The number of nitrogens with two attached hydrogens (primary N) is 1. The molecule has 5 nitrogen and oxygen atoms in total. The van der Waals surface area contributed by atoms with Crippen molar-refractivity contribution in [2.45, 2.75) is 12.6 Å². The van der Waals surface area contributed by atoms with E-state index in [4.69, 9.17) is 5.73 Å². The van der Waals surface area contributed by atoms with Gasteiger partial charge in [-0.3, -0.25) is 4.79 Å². The van der Waals surface area contributed by atoms with Gasteiger partial charge < -0.3 is 16.4 Å². The topological polar surface area (TPSA) is 80.0 Å². The predicted molar refractivity (Wildman–Crippen MR) is 75.7 cm³/mol. The molecule has 4 N–H and O–H groups in total. The van der Waals surface area contributed by atoms with Crippen LogP contribution in [0.2, 0.25) is 0 Å². The average molecular weight is 308 g/mol. The molecule has 0 saturated carbocycles. The Bertz CT molecular complexity index is 758. The van der Waals surface area contributed by atoms with Crippen LogP contribution in [-0.2, 0) is 17.4 Å². The summed E-state index contributed by atoms with van der Waals surface area (Å²) in [6, 6.07) is 5.80. The molecule has 1 amide bonds. The monoisotopic (exact) mass is 308 g/mol. The van der Waals surface area contributed by atoms with Crippen molar-refractivity contribution in [3.8, 4) is 0 Å². The second kappa shape index (κ2) is 4.90. The van der Waals surface area contributed by atoms with Gasteiger partial charge in [-0.05, 0) is 29.8 Å². The highest BCUT2D eigenvalue weighted by atomic mass is 19.4. The molecule has 8 heteroatoms. The summed E-state index contributed by atoms with van der Waals surface area (Å²) in [6.07, 6.45) is -3.27. The number of hydrogen-bond donors (Lipinski definition) is 3. The van der Waals surface area contributed by atoms with Crippen molar-refractivity contribution >= 4 is 28.8 Å². The van der Waals surface area contributed by atoms with Gasteiger partial charge >= 0.3 is 6.18 Å². The largest absolute Gasteiger partial charge is 0.418 e. The van der Waals surface area contributed by atoms with Gasteiger partial charge in [-0.15, -0.1) is 0 Å². The first-order valence-electron chi connectivity index (χ1n) is 6.36. The summed E-state index contributed by atoms with van der Waals surface area (Å²) in [5, 5.41) is 5.43. The number of halogens is 3. The van der Waals surface area contributed by atoms with Crippen molar-refractivity contribution in [1.29, 1.82) is 0 Å². The van der Waals surface area contributed by atoms with Gasteiger partial charge in [-0.2, -0.15) is 13.2 Å². The number of nitrogens with zero attached hydrogens (tertiary/aromatic N) is 1. The van der Waals surface area contributed by atoms with Crippen LogP contribution < -0.4 is 16.4 Å². The van der Waals surface area contributed by atoms with Crippen molar-refractivity contribution in [2.24, 2.45) is 0 Å². The molecule has 22 heavy (non-hydrogen) atoms. The maximum absolute atomic E-state index is 12.8. The first kappa shape index (κ1) is 14.2. The second-order valence-electron chi connectivity index (χ2n) is 4.84. The van der Waals surface area contributed by atoms with Crippen LogP contribution in [0.25, 0.3) is 0 Å². The highest BCUT2D eigenvalue weighted by Crippen LogP contribution is 2.37. The lowest BCUT2D eigenvalue weighted by molar-refractivity contribution is -0.136. The molecule has 3 rings (SSSR count). The lowest BCUT2D eigenvalue weighted by atomic mass is 10.1. The van der Waals surface area contributed by atoms with E-state index < -0.39 is 17.4 Å². The summed E-state index contributed by atoms with van der Waals surface area (Å²) in [7, 11) is 0. The van der Waals surface area contributed by atoms with Crippen molar-refractivity contribution < 1.29 is 18.0 Å². The number of aromatic nitrogens is 1. The van der Waals surface area contributed by atoms with E-state index in [-0.39, 0.29) is 18.1 Å². The zero-order valence-corrected chi connectivity index (χ0v) is 11.2. The van der Waals surface area contributed by atoms with E-state index in [1.165, 1.54) is 0 Å². The van der Waals surface area contributed by atoms with Crippen LogP contribution in [0.3, 0.4) is 0 Å². The standard InChI is InChI=1S/C14H11F3N4O/c15-14(16,17)9-3-4-19-13(12(9)18)20-8-1-2-10-7(5-8)6-11(22)21-10/h1-5H,6,18H2,(H,19,20)(H,21,22). The molecule has 2 aromatic rings. The van der Waals surface area contributed by atoms with Gasteiger partial charge in [0.1, 0.15) is 0 Å². The number of carbonyl (C=O) groups is 1. The molecule has 0 spiro atoms. The fourth-order valence-corrected chi connectivity index (χ4v) is 2.26. The molecule has 2 heterocycles. The van der Waals surface area contributed by atoms with Crippen LogP contribution in [0.5, 0.6) is 0 Å². The smallest absolute Gasteiger partial charge is 0.395 e. The molecule has 1 aliphatic rings. The molecular weight excluding hydrogens is 297 g/mol. The van der Waals surface area contributed by atoms with E-state index in [0.29, 0.717) is 11.4 Å². The van der Waals surface area contributed by atoms with E-state index in [2.05, 4.69) is 15.6 Å². The molecule has 114 valence electrons. The number of nitrogen functional groups attached to an aromatic ring is 1. The van der Waals surface area contributed by atoms with E-state index in [9.17, 15) is 18.0 Å². The van der Waals surface area contributed by atoms with Crippen molar-refractivity contribution in [3.05, 3.63) is 41.6 Å². The fourth-order valence-electron chi connectivity index (χ4n) is 2.26. The molecule has 0 atom stereocenters. The lowest BCUT2D eigenvalue weighted by Crippen LogP contribution is -2.11. The number of anilines is 4. The molecule has 1 aliphatic heterocycles. The van der Waals surface area contributed by atoms with E-state index >= 15 is 0 Å². The number of amides is 1. The highest BCUT2D eigenvalue weighted by molar-refractivity contribution is 5.99. The summed E-state index contributed by atoms with van der Waals surface area (Å²) >= 11 is 0. The van der Waals surface area contributed by atoms with Gasteiger partial charge in [0.25, 0.3) is 0 Å². The summed E-state index contributed by atoms with van der Waals surface area (Å²) in [6.45, 7) is 0. The lowest BCUT2D eigenvalue weighted by Gasteiger charge is -2.14. The third kappa shape index (κ3) is 2.54. The minimum Gasteiger partial charge on any atom is -0.395 e. The van der Waals surface area contributed by atoms with Crippen LogP contribution in [0.1, 0.15) is 11.1 Å². The Balaban J connectivity index is 1.92. The quantitative estimate of drug-likeness (QED) is 0.797. The molecule has 1 aromatic carbocycles. The average Bonchev–Trinajstić information content (AvgIpc) is 2.79. The first-order chi connectivity index (χ1) is 10.3. The van der Waals surface area contributed by atoms with Crippen LogP contribution in [0.4, 0.5) is 36.1 Å². The molecule has 0 saturated heterocycles. The molecule has 0 fully saturated rings. The van der Waals surface area contributed by atoms with Crippen molar-refractivity contribution in [1.82, 2.24) is 4.98 Å². The summed E-state index contributed by atoms with van der Waals surface area (Å²) in [5.41, 5.74) is 6.10. The van der Waals surface area contributed by atoms with Crippen LogP contribution >= 0.6 is 0 Å². The number of benzene rings is 1. The fraction of sp³-hybridized carbons (Fsp3) is 0.143. The van der Waals surface area contributed by atoms with Crippen LogP contribution in [-0.4, -0.2) is 10.9 Å². The van der Waals surface area contributed by atoms with Gasteiger partial charge in [0.15, 0.2) is 5.82 Å². The Morgan fingerprint density at radius 2 is 2.05 bits per heavy atom. The Labute approximate surface area is 123 Å². The molecular formula is C14H11F3N4O. The minimum atomic E-state index is -4.54. The number of pyridine rings is 1. The Morgan fingerprint density at radius 1 is 1.27 bits per heavy atom. The summed E-state index contributed by atoms with van der Waals surface area (Å²) < 4.78 is 38.4. The summed E-state index contributed by atoms with van der Waals surface area (Å²) in [5.74, 6) is -0.198. The Hall–Kier alpha value is -2.77. The number of fused-ring (bicyclic) bond motifs is 1. The zero-order chi connectivity index (χ0) is 15.9. The number of nitrogens with one attached hydrogen (secondary N) is 2. The van der Waals surface area contributed by atoms with Crippen molar-refractivity contribution in [2.75, 3.05) is 16.4 Å². The van der Waals surface area contributed by atoms with Crippen LogP contribution in [0.15, 0.2) is 30.5 Å². The zero-order valence-electron chi connectivity index (χ0n) is 11.2. The number of carbonyl (C=O) groups excluding carboxylic acids is 1. The van der Waals surface area contributed by atoms with Gasteiger partial charge in [-0.1, -0.05) is 0 Å². The number of alkyl halides is 3. The maximum atomic E-state index is 12.8. The SMILES string of the molecule is Nc1c(C(F)(F)F)ccnc1Nc1ccc2c(c1)CC(=O)N2.